The number of rotatable bonds is 5. The summed E-state index contributed by atoms with van der Waals surface area (Å²) >= 11 is 0. The lowest BCUT2D eigenvalue weighted by molar-refractivity contribution is -0.149. The van der Waals surface area contributed by atoms with Crippen LogP contribution >= 0.6 is 0 Å². The topological polar surface area (TPSA) is 87.5 Å². The number of aromatic nitrogens is 2. The maximum Gasteiger partial charge on any atom is 0.321 e. The van der Waals surface area contributed by atoms with E-state index in [4.69, 9.17) is 0 Å². The molecule has 1 saturated carbocycles. The third-order valence-corrected chi connectivity index (χ3v) is 6.38. The maximum atomic E-state index is 12.8. The van der Waals surface area contributed by atoms with Crippen LogP contribution in [0.2, 0.25) is 0 Å². The Morgan fingerprint density at radius 1 is 1.38 bits per heavy atom. The van der Waals surface area contributed by atoms with E-state index in [-0.39, 0.29) is 11.9 Å². The SMILES string of the molecule is CC(C)c1nccn1Cc1cccc(NC(=O)N2C[C@@H]3CCC[C@@]3(C(=O)O)C2)c1. The van der Waals surface area contributed by atoms with Crippen LogP contribution in [0, 0.1) is 11.3 Å². The van der Waals surface area contributed by atoms with E-state index in [1.165, 1.54) is 0 Å². The Morgan fingerprint density at radius 2 is 2.21 bits per heavy atom. The van der Waals surface area contributed by atoms with E-state index in [1.54, 1.807) is 4.90 Å². The van der Waals surface area contributed by atoms with Gasteiger partial charge in [-0.05, 0) is 36.5 Å². The van der Waals surface area contributed by atoms with Gasteiger partial charge in [0.15, 0.2) is 0 Å². The molecular weight excluding hydrogens is 368 g/mol. The van der Waals surface area contributed by atoms with E-state index in [2.05, 4.69) is 28.7 Å². The van der Waals surface area contributed by atoms with Crippen LogP contribution in [0.25, 0.3) is 0 Å². The van der Waals surface area contributed by atoms with E-state index in [1.807, 2.05) is 36.7 Å². The molecule has 2 amide bonds. The van der Waals surface area contributed by atoms with Gasteiger partial charge < -0.3 is 19.9 Å². The highest BCUT2D eigenvalue weighted by Gasteiger charge is 2.55. The number of amides is 2. The Labute approximate surface area is 170 Å². The number of nitrogens with zero attached hydrogens (tertiary/aromatic N) is 3. The summed E-state index contributed by atoms with van der Waals surface area (Å²) in [5.41, 5.74) is 1.04. The summed E-state index contributed by atoms with van der Waals surface area (Å²) in [6.45, 7) is 5.73. The smallest absolute Gasteiger partial charge is 0.321 e. The number of benzene rings is 1. The van der Waals surface area contributed by atoms with Crippen molar-refractivity contribution in [2.45, 2.75) is 45.6 Å². The highest BCUT2D eigenvalue weighted by atomic mass is 16.4. The van der Waals surface area contributed by atoms with Crippen molar-refractivity contribution in [2.75, 3.05) is 18.4 Å². The van der Waals surface area contributed by atoms with Crippen molar-refractivity contribution in [3.63, 3.8) is 0 Å². The van der Waals surface area contributed by atoms with Crippen molar-refractivity contribution in [1.29, 1.82) is 0 Å². The van der Waals surface area contributed by atoms with E-state index in [9.17, 15) is 14.7 Å². The molecule has 2 aliphatic rings. The van der Waals surface area contributed by atoms with Gasteiger partial charge in [-0.2, -0.15) is 0 Å². The molecule has 0 spiro atoms. The molecule has 0 radical (unpaired) electrons. The van der Waals surface area contributed by atoms with E-state index < -0.39 is 11.4 Å². The second-order valence-electron chi connectivity index (χ2n) is 8.63. The van der Waals surface area contributed by atoms with Crippen LogP contribution in [0.3, 0.4) is 0 Å². The Kier molecular flexibility index (Phi) is 5.06. The highest BCUT2D eigenvalue weighted by molar-refractivity contribution is 5.90. The molecule has 1 aliphatic heterocycles. The second kappa shape index (κ2) is 7.54. The van der Waals surface area contributed by atoms with Gasteiger partial charge in [-0.25, -0.2) is 9.78 Å². The minimum atomic E-state index is -0.765. The van der Waals surface area contributed by atoms with Gasteiger partial charge in [0.2, 0.25) is 0 Å². The number of aliphatic carboxylic acids is 1. The average Bonchev–Trinajstić information content (AvgIpc) is 3.35. The van der Waals surface area contributed by atoms with Crippen LogP contribution in [0.4, 0.5) is 10.5 Å². The van der Waals surface area contributed by atoms with E-state index >= 15 is 0 Å². The zero-order valence-electron chi connectivity index (χ0n) is 17.0. The molecular formula is C22H28N4O3. The number of likely N-dealkylation sites (tertiary alicyclic amines) is 1. The van der Waals surface area contributed by atoms with Crippen LogP contribution in [0.1, 0.15) is 50.4 Å². The zero-order chi connectivity index (χ0) is 20.6. The molecule has 2 heterocycles. The molecule has 1 saturated heterocycles. The fraction of sp³-hybridized carbons (Fsp3) is 0.500. The molecule has 2 atom stereocenters. The highest BCUT2D eigenvalue weighted by Crippen LogP contribution is 2.48. The number of hydrogen-bond acceptors (Lipinski definition) is 3. The van der Waals surface area contributed by atoms with Gasteiger partial charge >= 0.3 is 12.0 Å². The first kappa shape index (κ1) is 19.5. The quantitative estimate of drug-likeness (QED) is 0.805. The average molecular weight is 396 g/mol. The number of carbonyl (C=O) groups excluding carboxylic acids is 1. The number of carboxylic acids is 1. The van der Waals surface area contributed by atoms with Crippen LogP contribution < -0.4 is 5.32 Å². The molecule has 1 aromatic heterocycles. The number of imidazole rings is 1. The number of anilines is 1. The molecule has 29 heavy (non-hydrogen) atoms. The molecule has 2 aromatic rings. The van der Waals surface area contributed by atoms with Crippen molar-refractivity contribution in [1.82, 2.24) is 14.5 Å². The molecule has 2 fully saturated rings. The summed E-state index contributed by atoms with van der Waals surface area (Å²) < 4.78 is 2.11. The summed E-state index contributed by atoms with van der Waals surface area (Å²) in [7, 11) is 0. The molecule has 2 N–H and O–H groups in total. The molecule has 154 valence electrons. The zero-order valence-corrected chi connectivity index (χ0v) is 17.0. The molecule has 1 aliphatic carbocycles. The normalized spacial score (nSPS) is 23.4. The summed E-state index contributed by atoms with van der Waals surface area (Å²) in [5, 5.41) is 12.7. The molecule has 7 nitrogen and oxygen atoms in total. The minimum Gasteiger partial charge on any atom is -0.481 e. The van der Waals surface area contributed by atoms with Gasteiger partial charge in [0.25, 0.3) is 0 Å². The first-order valence-electron chi connectivity index (χ1n) is 10.3. The third kappa shape index (κ3) is 3.61. The molecule has 1 aromatic carbocycles. The van der Waals surface area contributed by atoms with E-state index in [0.29, 0.717) is 32.0 Å². The third-order valence-electron chi connectivity index (χ3n) is 6.38. The first-order valence-corrected chi connectivity index (χ1v) is 10.3. The summed E-state index contributed by atoms with van der Waals surface area (Å²) in [5.74, 6) is 0.664. The van der Waals surface area contributed by atoms with Crippen molar-refractivity contribution < 1.29 is 14.7 Å². The van der Waals surface area contributed by atoms with Crippen LogP contribution in [0.15, 0.2) is 36.7 Å². The maximum absolute atomic E-state index is 12.8. The number of carbonyl (C=O) groups is 2. The summed E-state index contributed by atoms with van der Waals surface area (Å²) in [4.78, 5) is 30.7. The summed E-state index contributed by atoms with van der Waals surface area (Å²) in [6.07, 6.45) is 6.25. The lowest BCUT2D eigenvalue weighted by Crippen LogP contribution is -2.38. The lowest BCUT2D eigenvalue weighted by atomic mass is 9.81. The fourth-order valence-corrected chi connectivity index (χ4v) is 4.90. The first-order chi connectivity index (χ1) is 13.9. The summed E-state index contributed by atoms with van der Waals surface area (Å²) in [6, 6.07) is 7.56. The second-order valence-corrected chi connectivity index (χ2v) is 8.63. The predicted octanol–water partition coefficient (Wildman–Crippen LogP) is 3.77. The van der Waals surface area contributed by atoms with Crippen molar-refractivity contribution in [2.24, 2.45) is 11.3 Å². The van der Waals surface area contributed by atoms with Gasteiger partial charge in [-0.15, -0.1) is 0 Å². The van der Waals surface area contributed by atoms with Gasteiger partial charge in [-0.3, -0.25) is 4.79 Å². The largest absolute Gasteiger partial charge is 0.481 e. The molecule has 4 rings (SSSR count). The van der Waals surface area contributed by atoms with E-state index in [0.717, 1.165) is 29.9 Å². The Morgan fingerprint density at radius 3 is 2.93 bits per heavy atom. The van der Waals surface area contributed by atoms with Crippen LogP contribution in [-0.4, -0.2) is 44.6 Å². The number of carboxylic acid groups (broad SMARTS) is 1. The van der Waals surface area contributed by atoms with Gasteiger partial charge in [0, 0.05) is 43.6 Å². The van der Waals surface area contributed by atoms with Crippen LogP contribution in [0.5, 0.6) is 0 Å². The van der Waals surface area contributed by atoms with Crippen molar-refractivity contribution in [3.05, 3.63) is 48.0 Å². The van der Waals surface area contributed by atoms with Crippen molar-refractivity contribution in [3.8, 4) is 0 Å². The van der Waals surface area contributed by atoms with Gasteiger partial charge in [0.1, 0.15) is 5.82 Å². The Balaban J connectivity index is 1.44. The monoisotopic (exact) mass is 396 g/mol. The lowest BCUT2D eigenvalue weighted by Gasteiger charge is -2.23. The predicted molar refractivity (Wildman–Crippen MR) is 110 cm³/mol. The van der Waals surface area contributed by atoms with Crippen molar-refractivity contribution >= 4 is 17.7 Å². The van der Waals surface area contributed by atoms with Gasteiger partial charge in [0.05, 0.1) is 5.41 Å². The minimum absolute atomic E-state index is 0.0628. The number of nitrogens with one attached hydrogen (secondary N) is 1. The number of fused-ring (bicyclic) bond motifs is 1. The van der Waals surface area contributed by atoms with Gasteiger partial charge in [-0.1, -0.05) is 32.4 Å². The molecule has 0 bridgehead atoms. The van der Waals surface area contributed by atoms with Crippen LogP contribution in [-0.2, 0) is 11.3 Å². The number of urea groups is 1. The molecule has 0 unspecified atom stereocenters. The Bertz CT molecular complexity index is 922. The molecule has 7 heteroatoms. The fourth-order valence-electron chi connectivity index (χ4n) is 4.90. The standard InChI is InChI=1S/C22H28N4O3/c1-15(2)19-23-9-10-25(19)12-16-5-3-7-18(11-16)24-21(29)26-13-17-6-4-8-22(17,14-26)20(27)28/h3,5,7,9-11,15,17H,4,6,8,12-14H2,1-2H3,(H,24,29)(H,27,28)/t17-,22+/m0/s1. The Hall–Kier alpha value is -2.83. The number of hydrogen-bond donors (Lipinski definition) is 2.